The van der Waals surface area contributed by atoms with Crippen LogP contribution < -0.4 is 32.6 Å². The molecule has 1 aromatic carbocycles. The van der Waals surface area contributed by atoms with Crippen LogP contribution in [0.4, 0.5) is 20.3 Å². The third-order valence-electron chi connectivity index (χ3n) is 13.0. The first-order chi connectivity index (χ1) is 36.6. The predicted octanol–water partition coefficient (Wildman–Crippen LogP) is 1.80. The Labute approximate surface area is 441 Å². The number of hydrogen-bond donors (Lipinski definition) is 8. The molecule has 6 heterocycles. The summed E-state index contributed by atoms with van der Waals surface area (Å²) >= 11 is 0.875. The van der Waals surface area contributed by atoms with Crippen LogP contribution in [0, 0.1) is 18.8 Å². The highest BCUT2D eigenvalue weighted by Crippen LogP contribution is 2.33. The van der Waals surface area contributed by atoms with Gasteiger partial charge in [-0.05, 0) is 62.4 Å². The number of aliphatic carboxylic acids is 2. The van der Waals surface area contributed by atoms with Crippen molar-refractivity contribution in [2.24, 2.45) is 11.8 Å². The van der Waals surface area contributed by atoms with E-state index < -0.39 is 115 Å². The molecule has 3 aromatic heterocycles. The predicted molar refractivity (Wildman–Crippen MR) is 276 cm³/mol. The number of ketones is 2. The molecule has 0 spiro atoms. The van der Waals surface area contributed by atoms with Gasteiger partial charge in [0.05, 0.1) is 41.9 Å². The van der Waals surface area contributed by atoms with Crippen molar-refractivity contribution >= 4 is 106 Å². The number of amides is 5. The topological polar surface area (TPSA) is 351 Å². The lowest BCUT2D eigenvalue weighted by Gasteiger charge is -2.30. The molecule has 0 bridgehead atoms. The number of halogens is 2. The summed E-state index contributed by atoms with van der Waals surface area (Å²) in [6.45, 7) is -1.47. The number of carbonyl (C=O) groups is 9. The zero-order valence-electron chi connectivity index (χ0n) is 41.8. The summed E-state index contributed by atoms with van der Waals surface area (Å²) in [6.07, 6.45) is 3.00. The van der Waals surface area contributed by atoms with Gasteiger partial charge in [-0.2, -0.15) is 4.98 Å². The number of aromatic amines is 1. The van der Waals surface area contributed by atoms with Gasteiger partial charge in [-0.15, -0.1) is 11.8 Å². The van der Waals surface area contributed by atoms with Crippen LogP contribution >= 0.6 is 11.8 Å². The van der Waals surface area contributed by atoms with E-state index in [1.165, 1.54) is 18.3 Å². The Balaban J connectivity index is 0.939. The quantitative estimate of drug-likeness (QED) is 0.0240. The van der Waals surface area contributed by atoms with Gasteiger partial charge in [0.15, 0.2) is 22.6 Å². The summed E-state index contributed by atoms with van der Waals surface area (Å²) in [5, 5.41) is 29.6. The number of Topliss-reactive ketones (excluding diaryl/α,β-unsaturated/α-hetero) is 2. The first kappa shape index (κ1) is 56.3. The molecule has 5 amide bonds. The lowest BCUT2D eigenvalue weighted by Crippen LogP contribution is -2.51. The second-order valence-corrected chi connectivity index (χ2v) is 19.7. The summed E-state index contributed by atoms with van der Waals surface area (Å²) in [6, 6.07) is 7.84. The van der Waals surface area contributed by atoms with E-state index >= 15 is 8.63 Å². The summed E-state index contributed by atoms with van der Waals surface area (Å²) in [7, 11) is 0. The maximum Gasteiger partial charge on any atom is 0.737 e. The van der Waals surface area contributed by atoms with Crippen LogP contribution in [0.15, 0.2) is 65.2 Å². The molecule has 9 N–H and O–H groups in total. The van der Waals surface area contributed by atoms with Crippen molar-refractivity contribution in [3.8, 4) is 0 Å². The SMILES string of the molecule is CCN1C(=O)CC(SC[C@H](CC(=O)[C@H](CNC(=O)CCC2=[N+]3C(=Cc4ccc(C)n4[B-]3(F)F)C=C2)NC(=O)[C@H](CC(=O)O)CC(=O)CCCNC(=O)c2ccc(NCc3cnc4nc(N)[nH]c(=O)c4n3)cc2)C(=O)O)C1=O. The highest BCUT2D eigenvalue weighted by molar-refractivity contribution is 8.00. The fourth-order valence-electron chi connectivity index (χ4n) is 9.04. The number of nitrogen functional groups attached to an aromatic ring is 1. The van der Waals surface area contributed by atoms with E-state index in [1.54, 1.807) is 56.3 Å². The molecule has 1 saturated heterocycles. The molecule has 406 valence electrons. The number of carboxylic acid groups (broad SMARTS) is 2. The number of likely N-dealkylation sites (tertiary alicyclic amines) is 1. The van der Waals surface area contributed by atoms with Crippen LogP contribution in [-0.2, 0) is 44.9 Å². The van der Waals surface area contributed by atoms with Crippen molar-refractivity contribution in [1.82, 2.24) is 45.3 Å². The number of hydrogen-bond acceptors (Lipinski definition) is 16. The third-order valence-corrected chi connectivity index (χ3v) is 14.4. The van der Waals surface area contributed by atoms with Crippen LogP contribution in [0.5, 0.6) is 0 Å². The van der Waals surface area contributed by atoms with Crippen molar-refractivity contribution in [1.29, 1.82) is 0 Å². The number of nitrogens with two attached hydrogens (primary N) is 1. The number of aryl methyl sites for hydroxylation is 1. The second kappa shape index (κ2) is 24.5. The zero-order valence-corrected chi connectivity index (χ0v) is 42.6. The molecular formula is C49H55BF2N12O12S. The van der Waals surface area contributed by atoms with Gasteiger partial charge in [-0.1, -0.05) is 0 Å². The van der Waals surface area contributed by atoms with E-state index in [1.807, 2.05) is 0 Å². The minimum Gasteiger partial charge on any atom is -0.481 e. The Morgan fingerprint density at radius 2 is 1.71 bits per heavy atom. The van der Waals surface area contributed by atoms with Crippen LogP contribution in [0.3, 0.4) is 0 Å². The van der Waals surface area contributed by atoms with Gasteiger partial charge < -0.3 is 54.8 Å². The average molecular weight is 1080 g/mol. The van der Waals surface area contributed by atoms with Gasteiger partial charge in [0.25, 0.3) is 11.5 Å². The van der Waals surface area contributed by atoms with Gasteiger partial charge in [-0.3, -0.25) is 57.8 Å². The summed E-state index contributed by atoms with van der Waals surface area (Å²) in [5.41, 5.74) is 7.49. The largest absolute Gasteiger partial charge is 0.737 e. The molecule has 1 fully saturated rings. The zero-order chi connectivity index (χ0) is 55.7. The number of imide groups is 1. The fraction of sp³-hybridized carbons (Fsp3) is 0.388. The van der Waals surface area contributed by atoms with Crippen LogP contribution in [-0.4, -0.2) is 146 Å². The maximum atomic E-state index is 15.9. The number of carbonyl (C=O) groups excluding carboxylic acids is 7. The number of H-pyrrole nitrogens is 1. The highest BCUT2D eigenvalue weighted by atomic mass is 32.2. The standard InChI is InChI=1S/C49H55BF2N12O12S/c1-3-62-40(68)21-38(47(62)74)77-25-29(48(75)76)18-37(66)36(24-56-39(67)15-14-32-12-13-34-20-33-11-6-26(2)63(33)50(51,52)64(32)34)59-45(72)28(19-41(69)70)17-35(65)5-4-16-54-44(71)27-7-9-30(10-8-27)55-22-31-23-57-43-42(58-31)46(73)61-49(53)60-43/h6-13,20,23,28-29,36,38,55H,3-5,14-19,21-22,24-25H2,1-2H3,(H,54,71)(H,56,67)(H,59,72)(H,69,70)(H,75,76)(H3,53,57,60,61,73)/t28-,29-,36-,38?/m0/s1. The van der Waals surface area contributed by atoms with Crippen molar-refractivity contribution in [2.75, 3.05) is 36.4 Å². The molecular weight excluding hydrogens is 1030 g/mol. The molecule has 0 aliphatic carbocycles. The number of allylic oxidation sites excluding steroid dienone is 2. The monoisotopic (exact) mass is 1080 g/mol. The third kappa shape index (κ3) is 13.7. The molecule has 0 saturated carbocycles. The highest BCUT2D eigenvalue weighted by Gasteiger charge is 2.52. The fourth-order valence-corrected chi connectivity index (χ4v) is 10.3. The Kier molecular flexibility index (Phi) is 17.9. The van der Waals surface area contributed by atoms with Gasteiger partial charge in [0.2, 0.25) is 29.6 Å². The Morgan fingerprint density at radius 3 is 2.42 bits per heavy atom. The van der Waals surface area contributed by atoms with E-state index in [9.17, 15) is 58.2 Å². The molecule has 3 aliphatic heterocycles. The summed E-state index contributed by atoms with van der Waals surface area (Å²) in [5.74, 6) is -10.9. The number of anilines is 2. The molecule has 24 nitrogen and oxygen atoms in total. The number of rotatable bonds is 27. The number of carboxylic acids is 2. The van der Waals surface area contributed by atoms with E-state index in [0.717, 1.165) is 25.6 Å². The number of nitrogens with one attached hydrogen (secondary N) is 5. The number of nitrogens with zero attached hydrogens (tertiary/aromatic N) is 6. The van der Waals surface area contributed by atoms with Crippen molar-refractivity contribution < 1.29 is 66.5 Å². The number of fused-ring (bicyclic) bond motifs is 3. The van der Waals surface area contributed by atoms with Gasteiger partial charge in [-0.25, -0.2) is 9.97 Å². The normalized spacial score (nSPS) is 16.5. The smallest absolute Gasteiger partial charge is 0.481 e. The lowest BCUT2D eigenvalue weighted by molar-refractivity contribution is -0.362. The Bertz CT molecular complexity index is 3200. The number of thioether (sulfide) groups is 1. The first-order valence-electron chi connectivity index (χ1n) is 24.5. The van der Waals surface area contributed by atoms with Crippen molar-refractivity contribution in [3.05, 3.63) is 93.4 Å². The number of aromatic nitrogens is 5. The Hall–Kier alpha value is -8.43. The van der Waals surface area contributed by atoms with Crippen molar-refractivity contribution in [2.45, 2.75) is 83.1 Å². The van der Waals surface area contributed by atoms with Crippen LogP contribution in [0.1, 0.15) is 85.7 Å². The molecule has 3 aliphatic rings. The molecule has 28 heteroatoms. The summed E-state index contributed by atoms with van der Waals surface area (Å²) in [4.78, 5) is 145. The van der Waals surface area contributed by atoms with E-state index in [0.29, 0.717) is 22.8 Å². The van der Waals surface area contributed by atoms with Gasteiger partial charge in [0.1, 0.15) is 17.5 Å². The molecule has 0 radical (unpaired) electrons. The number of benzene rings is 1. The van der Waals surface area contributed by atoms with Crippen molar-refractivity contribution in [3.63, 3.8) is 0 Å². The second-order valence-electron chi connectivity index (χ2n) is 18.5. The molecule has 77 heavy (non-hydrogen) atoms. The maximum absolute atomic E-state index is 15.9. The van der Waals surface area contributed by atoms with Crippen LogP contribution in [0.2, 0.25) is 0 Å². The molecule has 4 atom stereocenters. The van der Waals surface area contributed by atoms with E-state index in [-0.39, 0.29) is 91.6 Å². The molecule has 1 unspecified atom stereocenters. The lowest BCUT2D eigenvalue weighted by atomic mass is 9.90. The molecule has 4 aromatic rings. The molecule has 7 rings (SSSR count). The minimum atomic E-state index is -4.31. The van der Waals surface area contributed by atoms with E-state index in [4.69, 9.17) is 5.73 Å². The van der Waals surface area contributed by atoms with Crippen LogP contribution in [0.25, 0.3) is 17.2 Å². The first-order valence-corrected chi connectivity index (χ1v) is 25.6. The van der Waals surface area contributed by atoms with Gasteiger partial charge >= 0.3 is 18.9 Å². The summed E-state index contributed by atoms with van der Waals surface area (Å²) < 4.78 is 33.5. The van der Waals surface area contributed by atoms with Gasteiger partial charge in [0, 0.05) is 99.1 Å². The average Bonchev–Trinajstić information content (AvgIpc) is 4.13. The van der Waals surface area contributed by atoms with E-state index in [2.05, 4.69) is 41.2 Å². The minimum absolute atomic E-state index is 0.0179. The Morgan fingerprint density at radius 1 is 0.961 bits per heavy atom.